The molecule has 0 bridgehead atoms. The fourth-order valence-corrected chi connectivity index (χ4v) is 15.1. The van der Waals surface area contributed by atoms with Crippen molar-refractivity contribution in [2.45, 2.75) is 0 Å². The van der Waals surface area contributed by atoms with Crippen molar-refractivity contribution in [3.8, 4) is 0 Å². The number of nitrogens with zero attached hydrogens (tertiary/aromatic N) is 2. The number of aliphatic imine (C=N–C) groups is 2. The molecule has 7 nitrogen and oxygen atoms in total. The van der Waals surface area contributed by atoms with Gasteiger partial charge in [0.25, 0.3) is 5.24 Å². The Labute approximate surface area is 280 Å². The Hall–Kier alpha value is 2.92. The standard InChI is InChI=1S/C18H35N3O4S13/c22-1-2-27-3-4-37(24)9-20-6-28-10-30-12-31-11-29-7-21-18(23)36-16-34-14-32-13-33-15-35-17-38(25)8-19-5-26/h8-9,22,26H,1-7,10-17H2,(H,21,23). The van der Waals surface area contributed by atoms with Crippen molar-refractivity contribution >= 4 is 168 Å². The lowest BCUT2D eigenvalue weighted by atomic mass is 10.9. The Morgan fingerprint density at radius 1 is 0.763 bits per heavy atom. The third-order valence-electron chi connectivity index (χ3n) is 3.09. The first-order valence-electron chi connectivity index (χ1n) is 10.7. The van der Waals surface area contributed by atoms with Gasteiger partial charge in [0, 0.05) is 52.9 Å². The lowest BCUT2D eigenvalue weighted by Gasteiger charge is -2.05. The van der Waals surface area contributed by atoms with E-state index in [9.17, 15) is 13.2 Å². The number of carbonyl (C=O) groups excluding carboxylic acids is 1. The second kappa shape index (κ2) is 34.4. The van der Waals surface area contributed by atoms with Gasteiger partial charge >= 0.3 is 0 Å². The van der Waals surface area contributed by atoms with Crippen LogP contribution in [0.4, 0.5) is 4.79 Å². The van der Waals surface area contributed by atoms with E-state index in [0.717, 1.165) is 41.3 Å². The first-order chi connectivity index (χ1) is 18.6. The molecule has 0 fully saturated rings. The minimum Gasteiger partial charge on any atom is -0.396 e. The zero-order valence-corrected chi connectivity index (χ0v) is 31.4. The molecule has 0 saturated carbocycles. The fourth-order valence-electron chi connectivity index (χ4n) is 1.65. The van der Waals surface area contributed by atoms with E-state index in [2.05, 4.69) is 27.9 Å². The number of hydrogen-bond acceptors (Lipinski definition) is 17. The van der Waals surface area contributed by atoms with Crippen molar-refractivity contribution in [2.24, 2.45) is 9.98 Å². The summed E-state index contributed by atoms with van der Waals surface area (Å²) in [6, 6.07) is 0. The molecule has 224 valence electrons. The molecular formula is C18H35N3O4S13. The number of rotatable bonds is 28. The molecule has 0 aliphatic carbocycles. The van der Waals surface area contributed by atoms with Crippen molar-refractivity contribution in [1.82, 2.24) is 5.32 Å². The molecule has 0 aromatic heterocycles. The largest absolute Gasteiger partial charge is 0.396 e. The smallest absolute Gasteiger partial charge is 0.280 e. The predicted octanol–water partition coefficient (Wildman–Crippen LogP) is 6.04. The zero-order chi connectivity index (χ0) is 27.9. The Bertz CT molecular complexity index is 665. The van der Waals surface area contributed by atoms with Gasteiger partial charge in [-0.1, -0.05) is 11.8 Å². The highest BCUT2D eigenvalue weighted by molar-refractivity contribution is 8.30. The molecule has 0 saturated heterocycles. The van der Waals surface area contributed by atoms with Gasteiger partial charge in [0.15, 0.2) is 0 Å². The van der Waals surface area contributed by atoms with Gasteiger partial charge in [0.2, 0.25) is 0 Å². The number of thioether (sulfide) groups is 10. The van der Waals surface area contributed by atoms with E-state index in [1.165, 1.54) is 22.9 Å². The number of thiol groups is 1. The quantitative estimate of drug-likeness (QED) is 0.0283. The Morgan fingerprint density at radius 2 is 1.37 bits per heavy atom. The summed E-state index contributed by atoms with van der Waals surface area (Å²) in [7, 11) is -2.02. The number of carbonyl (C=O) groups is 1. The van der Waals surface area contributed by atoms with Crippen LogP contribution in [0, 0.1) is 0 Å². The Kier molecular flexibility index (Phi) is 37.1. The predicted molar refractivity (Wildman–Crippen MR) is 202 cm³/mol. The van der Waals surface area contributed by atoms with E-state index in [1.54, 1.807) is 58.8 Å². The molecule has 0 spiro atoms. The SMILES string of the molecule is O=C(NCSCSCSCSCN=CS(=O)CCSCCO)SCSCSCSCSCS(=O)C=NCS. The summed E-state index contributed by atoms with van der Waals surface area (Å²) in [5.41, 5.74) is 2.99. The van der Waals surface area contributed by atoms with Crippen LogP contribution >= 0.6 is 130 Å². The summed E-state index contributed by atoms with van der Waals surface area (Å²) in [6.07, 6.45) is 0. The number of aliphatic hydroxyl groups is 1. The van der Waals surface area contributed by atoms with Gasteiger partial charge in [-0.25, -0.2) is 0 Å². The second-order valence-corrected chi connectivity index (χ2v) is 21.9. The van der Waals surface area contributed by atoms with Crippen molar-refractivity contribution in [3.63, 3.8) is 0 Å². The molecule has 20 heteroatoms. The minimum atomic E-state index is -1.02. The van der Waals surface area contributed by atoms with Crippen LogP contribution in [-0.2, 0) is 21.6 Å². The maximum atomic E-state index is 11.9. The zero-order valence-electron chi connectivity index (χ0n) is 20.7. The fraction of sp³-hybridized carbons (Fsp3) is 0.833. The number of hydrogen-bond donors (Lipinski definition) is 3. The summed E-state index contributed by atoms with van der Waals surface area (Å²) < 4.78 is 23.2. The van der Waals surface area contributed by atoms with E-state index in [4.69, 9.17) is 5.11 Å². The number of aliphatic hydroxyl groups excluding tert-OH is 1. The molecule has 0 radical (unpaired) electrons. The molecule has 38 heavy (non-hydrogen) atoms. The van der Waals surface area contributed by atoms with E-state index >= 15 is 0 Å². The van der Waals surface area contributed by atoms with Crippen LogP contribution in [0.15, 0.2) is 9.98 Å². The third-order valence-corrected chi connectivity index (χ3v) is 17.7. The third kappa shape index (κ3) is 33.4. The molecule has 0 aromatic carbocycles. The maximum Gasteiger partial charge on any atom is 0.280 e. The van der Waals surface area contributed by atoms with Gasteiger partial charge in [-0.2, -0.15) is 24.4 Å². The lowest BCUT2D eigenvalue weighted by Crippen LogP contribution is -2.17. The highest BCUT2D eigenvalue weighted by atomic mass is 32.3. The molecule has 2 N–H and O–H groups in total. The number of amides is 1. The van der Waals surface area contributed by atoms with Gasteiger partial charge < -0.3 is 10.4 Å². The molecule has 2 unspecified atom stereocenters. The molecule has 2 atom stereocenters. The molecular weight excluding hydrogens is 739 g/mol. The summed E-state index contributed by atoms with van der Waals surface area (Å²) in [5, 5.41) is 18.7. The molecule has 0 aromatic rings. The van der Waals surface area contributed by atoms with E-state index < -0.39 is 21.6 Å². The summed E-state index contributed by atoms with van der Waals surface area (Å²) >= 11 is 21.0. The van der Waals surface area contributed by atoms with E-state index in [-0.39, 0.29) is 11.8 Å². The van der Waals surface area contributed by atoms with Crippen LogP contribution in [0.5, 0.6) is 0 Å². The molecule has 0 aliphatic heterocycles. The Morgan fingerprint density at radius 3 is 2.05 bits per heavy atom. The van der Waals surface area contributed by atoms with Gasteiger partial charge in [-0.15, -0.1) is 94.1 Å². The molecule has 0 rings (SSSR count). The van der Waals surface area contributed by atoms with E-state index in [0.29, 0.717) is 34.2 Å². The monoisotopic (exact) mass is 773 g/mol. The maximum absolute atomic E-state index is 11.9. The average Bonchev–Trinajstić information content (AvgIpc) is 2.91. The highest BCUT2D eigenvalue weighted by Gasteiger charge is 2.02. The normalized spacial score (nSPS) is 13.4. The van der Waals surface area contributed by atoms with Crippen molar-refractivity contribution in [3.05, 3.63) is 0 Å². The van der Waals surface area contributed by atoms with Crippen LogP contribution in [0.3, 0.4) is 0 Å². The van der Waals surface area contributed by atoms with Gasteiger partial charge in [0.1, 0.15) is 0 Å². The second-order valence-electron chi connectivity index (χ2n) is 5.98. The lowest BCUT2D eigenvalue weighted by molar-refractivity contribution is 0.262. The summed E-state index contributed by atoms with van der Waals surface area (Å²) in [6.45, 7) is 0.162. The van der Waals surface area contributed by atoms with Gasteiger partial charge in [-0.05, 0) is 0 Å². The van der Waals surface area contributed by atoms with Crippen LogP contribution < -0.4 is 5.32 Å². The topological polar surface area (TPSA) is 108 Å². The van der Waals surface area contributed by atoms with Crippen LogP contribution in [-0.4, -0.2) is 112 Å². The van der Waals surface area contributed by atoms with Gasteiger partial charge in [-0.3, -0.25) is 23.2 Å². The van der Waals surface area contributed by atoms with Crippen molar-refractivity contribution in [1.29, 1.82) is 0 Å². The average molecular weight is 774 g/mol. The number of nitrogens with one attached hydrogen (secondary N) is 1. The highest BCUT2D eigenvalue weighted by Crippen LogP contribution is 2.24. The molecule has 0 aliphatic rings. The molecule has 1 amide bonds. The van der Waals surface area contributed by atoms with Crippen molar-refractivity contribution in [2.75, 3.05) is 82.2 Å². The van der Waals surface area contributed by atoms with Crippen LogP contribution in [0.1, 0.15) is 0 Å². The minimum absolute atomic E-state index is 0.0244. The van der Waals surface area contributed by atoms with E-state index in [1.807, 2.05) is 47.0 Å². The first kappa shape index (κ1) is 40.9. The first-order valence-corrected chi connectivity index (χ1v) is 25.4. The van der Waals surface area contributed by atoms with Crippen LogP contribution in [0.25, 0.3) is 0 Å². The summed E-state index contributed by atoms with van der Waals surface area (Å²) in [5.74, 6) is 3.67. The molecule has 0 heterocycles. The van der Waals surface area contributed by atoms with Crippen LogP contribution in [0.2, 0.25) is 0 Å². The Balaban J connectivity index is 3.32. The summed E-state index contributed by atoms with van der Waals surface area (Å²) in [4.78, 5) is 19.9. The van der Waals surface area contributed by atoms with Crippen molar-refractivity contribution < 1.29 is 18.3 Å². The van der Waals surface area contributed by atoms with Gasteiger partial charge in [0.05, 0.1) is 62.0 Å².